The molecule has 0 aromatic rings. The second-order valence-corrected chi connectivity index (χ2v) is 16.4. The maximum absolute atomic E-state index is 14.1. The minimum absolute atomic E-state index is 0.0326. The van der Waals surface area contributed by atoms with Crippen molar-refractivity contribution in [2.75, 3.05) is 6.61 Å². The van der Waals surface area contributed by atoms with Gasteiger partial charge in [-0.2, -0.15) is 5.10 Å². The van der Waals surface area contributed by atoms with Crippen LogP contribution >= 0.6 is 0 Å². The lowest BCUT2D eigenvalue weighted by molar-refractivity contribution is -0.185. The zero-order valence-corrected chi connectivity index (χ0v) is 28.0. The van der Waals surface area contributed by atoms with E-state index in [0.29, 0.717) is 36.2 Å². The molecule has 4 saturated carbocycles. The topological polar surface area (TPSA) is 103 Å². The Kier molecular flexibility index (Phi) is 8.23. The van der Waals surface area contributed by atoms with Crippen LogP contribution < -0.4 is 11.5 Å². The average molecular weight is 581 g/mol. The molecule has 0 bridgehead atoms. The van der Waals surface area contributed by atoms with Crippen LogP contribution in [0.4, 0.5) is 0 Å². The van der Waals surface area contributed by atoms with E-state index < -0.39 is 0 Å². The van der Waals surface area contributed by atoms with Crippen molar-refractivity contribution < 1.29 is 9.53 Å². The van der Waals surface area contributed by atoms with Crippen LogP contribution in [-0.4, -0.2) is 24.2 Å². The van der Waals surface area contributed by atoms with Gasteiger partial charge < -0.3 is 16.2 Å². The van der Waals surface area contributed by atoms with Crippen molar-refractivity contribution in [3.63, 3.8) is 0 Å². The summed E-state index contributed by atoms with van der Waals surface area (Å²) in [6.07, 6.45) is 15.7. The van der Waals surface area contributed by atoms with Gasteiger partial charge in [-0.3, -0.25) is 4.79 Å². The lowest BCUT2D eigenvalue weighted by atomic mass is 9.33. The number of hydrogen-bond donors (Lipinski definition) is 2. The van der Waals surface area contributed by atoms with Crippen molar-refractivity contribution in [1.82, 2.24) is 0 Å². The summed E-state index contributed by atoms with van der Waals surface area (Å²) >= 11 is 0. The van der Waals surface area contributed by atoms with Gasteiger partial charge in [-0.15, -0.1) is 5.10 Å². The zero-order chi connectivity index (χ0) is 30.7. The maximum Gasteiger partial charge on any atom is 0.312 e. The largest absolute Gasteiger partial charge is 0.465 e. The van der Waals surface area contributed by atoms with Crippen LogP contribution in [0.25, 0.3) is 0 Å². The Labute approximate surface area is 256 Å². The molecule has 4 fully saturated rings. The Bertz CT molecular complexity index is 1150. The first-order chi connectivity index (χ1) is 19.7. The van der Waals surface area contributed by atoms with Gasteiger partial charge in [-0.1, -0.05) is 79.9 Å². The zero-order valence-electron chi connectivity index (χ0n) is 28.0. The maximum atomic E-state index is 14.1. The number of nitrogens with two attached hydrogens (primary N) is 2. The van der Waals surface area contributed by atoms with Crippen LogP contribution in [0.5, 0.6) is 0 Å². The smallest absolute Gasteiger partial charge is 0.312 e. The molecule has 0 aliphatic heterocycles. The van der Waals surface area contributed by atoms with Crippen LogP contribution in [0.1, 0.15) is 132 Å². The Hall–Kier alpha value is -1.85. The number of hydrogen-bond acceptors (Lipinski definition) is 4. The van der Waals surface area contributed by atoms with Gasteiger partial charge in [0.1, 0.15) is 0 Å². The van der Waals surface area contributed by atoms with E-state index in [4.69, 9.17) is 16.2 Å². The highest BCUT2D eigenvalue weighted by molar-refractivity contribution is 5.91. The second kappa shape index (κ2) is 10.9. The second-order valence-electron chi connectivity index (χ2n) is 16.4. The first-order valence-corrected chi connectivity index (χ1v) is 17.2. The fourth-order valence-electron chi connectivity index (χ4n) is 11.6. The summed E-state index contributed by atoms with van der Waals surface area (Å²) in [7, 11) is 0. The molecule has 0 aromatic heterocycles. The minimum Gasteiger partial charge on any atom is -0.465 e. The van der Waals surface area contributed by atoms with Gasteiger partial charge >= 0.3 is 5.97 Å². The average Bonchev–Trinajstić information content (AvgIpc) is 2.92. The van der Waals surface area contributed by atoms with E-state index in [9.17, 15) is 4.79 Å². The number of ether oxygens (including phenoxy) is 1. The predicted molar refractivity (Wildman–Crippen MR) is 173 cm³/mol. The summed E-state index contributed by atoms with van der Waals surface area (Å²) in [4.78, 5) is 14.1. The highest BCUT2D eigenvalue weighted by Gasteiger charge is 2.69. The number of unbranched alkanes of at least 4 members (excludes halogenated alkanes) is 2. The van der Waals surface area contributed by atoms with E-state index in [1.54, 1.807) is 5.57 Å². The van der Waals surface area contributed by atoms with Gasteiger partial charge in [-0.05, 0) is 110 Å². The van der Waals surface area contributed by atoms with Gasteiger partial charge in [0.05, 0.1) is 12.0 Å². The van der Waals surface area contributed by atoms with Crippen molar-refractivity contribution in [3.05, 3.63) is 11.6 Å². The van der Waals surface area contributed by atoms with Gasteiger partial charge in [0.25, 0.3) is 0 Å². The van der Waals surface area contributed by atoms with Crippen molar-refractivity contribution in [2.24, 2.45) is 78.3 Å². The number of rotatable bonds is 6. The van der Waals surface area contributed by atoms with Gasteiger partial charge in [0.2, 0.25) is 5.96 Å². The Morgan fingerprint density at radius 1 is 0.976 bits per heavy atom. The molecule has 5 aliphatic rings. The molecule has 0 unspecified atom stereocenters. The molecule has 236 valence electrons. The molecule has 5 aliphatic carbocycles. The Morgan fingerprint density at radius 2 is 1.71 bits per heavy atom. The third-order valence-corrected chi connectivity index (χ3v) is 14.4. The number of guanidine groups is 1. The molecule has 5 rings (SSSR count). The standard InChI is InChI=1S/C36H60N4O2/c1-9-10-11-22-42-30(41)36-19-14-23(2)24(3)29(36)25-12-13-27-33(6)17-16-28(39-40-31(37)38)32(4,5)26(33)15-18-35(27,8)34(25,7)20-21-36/h12,23-24,26-27,29H,9-11,13-22H2,1-8H3,(H4,37,38,40)/b39-28+/t23-,24+,26+,27-,29+,33+,34-,35-,36+/m1/s1. The predicted octanol–water partition coefficient (Wildman–Crippen LogP) is 8.01. The van der Waals surface area contributed by atoms with E-state index in [2.05, 4.69) is 71.7 Å². The van der Waals surface area contributed by atoms with Crippen LogP contribution in [0.2, 0.25) is 0 Å². The molecule has 6 nitrogen and oxygen atoms in total. The number of nitrogens with zero attached hydrogens (tertiary/aromatic N) is 2. The van der Waals surface area contributed by atoms with Gasteiger partial charge in [-0.25, -0.2) is 0 Å². The quantitative estimate of drug-likeness (QED) is 0.0829. The molecule has 42 heavy (non-hydrogen) atoms. The van der Waals surface area contributed by atoms with Crippen LogP contribution in [0.15, 0.2) is 21.9 Å². The number of esters is 1. The molecule has 4 N–H and O–H groups in total. The summed E-state index contributed by atoms with van der Waals surface area (Å²) < 4.78 is 6.12. The Morgan fingerprint density at radius 3 is 2.40 bits per heavy atom. The first kappa shape index (κ1) is 31.6. The van der Waals surface area contributed by atoms with Gasteiger partial charge in [0.15, 0.2) is 0 Å². The Balaban J connectivity index is 1.51. The summed E-state index contributed by atoms with van der Waals surface area (Å²) in [5.74, 6) is 2.69. The molecule has 0 heterocycles. The van der Waals surface area contributed by atoms with Crippen LogP contribution in [-0.2, 0) is 9.53 Å². The fraction of sp³-hybridized carbons (Fsp3) is 0.861. The number of carbonyl (C=O) groups is 1. The molecule has 9 atom stereocenters. The SMILES string of the molecule is CCCCCOC(=O)[C@]12CC[C@@H](C)[C@H](C)[C@H]1C1=CC[C@@H]3[C@@]4(C)CC/C(=N\N=C(N)N)C(C)(C)[C@@H]4CC[C@@]3(C)[C@]1(C)CC2. The summed E-state index contributed by atoms with van der Waals surface area (Å²) in [5.41, 5.74) is 14.2. The minimum atomic E-state index is -0.350. The number of fused-ring (bicyclic) bond motifs is 7. The molecule has 0 saturated heterocycles. The number of carbonyl (C=O) groups excluding carboxylic acids is 1. The molecule has 0 spiro atoms. The summed E-state index contributed by atoms with van der Waals surface area (Å²) in [6, 6.07) is 0. The molecular weight excluding hydrogens is 520 g/mol. The summed E-state index contributed by atoms with van der Waals surface area (Å²) in [5, 5.41) is 8.65. The highest BCUT2D eigenvalue weighted by atomic mass is 16.5. The molecule has 0 aromatic carbocycles. The van der Waals surface area contributed by atoms with E-state index >= 15 is 0 Å². The third kappa shape index (κ3) is 4.50. The first-order valence-electron chi connectivity index (χ1n) is 17.2. The summed E-state index contributed by atoms with van der Waals surface area (Å²) in [6.45, 7) is 20.2. The van der Waals surface area contributed by atoms with E-state index in [-0.39, 0.29) is 39.0 Å². The highest BCUT2D eigenvalue weighted by Crippen LogP contribution is 2.75. The normalized spacial score (nSPS) is 45.0. The third-order valence-electron chi connectivity index (χ3n) is 14.4. The van der Waals surface area contributed by atoms with Crippen molar-refractivity contribution in [3.8, 4) is 0 Å². The van der Waals surface area contributed by atoms with Crippen molar-refractivity contribution >= 4 is 17.6 Å². The van der Waals surface area contributed by atoms with Crippen LogP contribution in [0.3, 0.4) is 0 Å². The molecular formula is C36H60N4O2. The molecule has 0 amide bonds. The lowest BCUT2D eigenvalue weighted by Gasteiger charge is -2.71. The number of allylic oxidation sites excluding steroid dienone is 2. The van der Waals surface area contributed by atoms with Crippen molar-refractivity contribution in [2.45, 2.75) is 132 Å². The van der Waals surface area contributed by atoms with E-state index in [1.165, 1.54) is 12.8 Å². The van der Waals surface area contributed by atoms with E-state index in [0.717, 1.165) is 69.9 Å². The van der Waals surface area contributed by atoms with Crippen molar-refractivity contribution in [1.29, 1.82) is 0 Å². The molecule has 0 radical (unpaired) electrons. The fourth-order valence-corrected chi connectivity index (χ4v) is 11.6. The van der Waals surface area contributed by atoms with E-state index in [1.807, 2.05) is 0 Å². The van der Waals surface area contributed by atoms with Crippen LogP contribution in [0, 0.1) is 56.7 Å². The lowest BCUT2D eigenvalue weighted by Crippen LogP contribution is -2.65. The molecule has 6 heteroatoms. The van der Waals surface area contributed by atoms with Gasteiger partial charge in [0, 0.05) is 11.1 Å². The monoisotopic (exact) mass is 580 g/mol.